The van der Waals surface area contributed by atoms with Crippen molar-refractivity contribution in [2.45, 2.75) is 45.3 Å². The van der Waals surface area contributed by atoms with Crippen molar-refractivity contribution in [1.82, 2.24) is 4.90 Å². The third-order valence-corrected chi connectivity index (χ3v) is 2.49. The molecule has 0 aromatic heterocycles. The van der Waals surface area contributed by atoms with Gasteiger partial charge in [-0.2, -0.15) is 13.2 Å². The van der Waals surface area contributed by atoms with E-state index >= 15 is 0 Å². The number of nitrogens with zero attached hydrogens (tertiary/aromatic N) is 1. The minimum atomic E-state index is -4.06. The summed E-state index contributed by atoms with van der Waals surface area (Å²) in [5.74, 6) is 0. The van der Waals surface area contributed by atoms with Crippen LogP contribution in [0, 0.1) is 0 Å². The van der Waals surface area contributed by atoms with E-state index in [1.165, 1.54) is 0 Å². The zero-order valence-electron chi connectivity index (χ0n) is 9.68. The summed E-state index contributed by atoms with van der Waals surface area (Å²) in [6, 6.07) is 0.211. The highest BCUT2D eigenvalue weighted by molar-refractivity contribution is 7.80. The number of hydrogen-bond donors (Lipinski definition) is 1. The van der Waals surface area contributed by atoms with E-state index in [9.17, 15) is 13.2 Å². The largest absolute Gasteiger partial charge is 0.393 e. The standard InChI is InChI=1S/C10H19F3N2S/c1-8(2)15(7-4-9(14)16)6-3-5-10(11,12)13/h8H,3-7H2,1-2H3,(H2,14,16). The molecule has 0 spiro atoms. The van der Waals surface area contributed by atoms with Gasteiger partial charge in [0.15, 0.2) is 0 Å². The van der Waals surface area contributed by atoms with Crippen molar-refractivity contribution in [3.8, 4) is 0 Å². The quantitative estimate of drug-likeness (QED) is 0.710. The Morgan fingerprint density at radius 2 is 1.88 bits per heavy atom. The molecule has 0 fully saturated rings. The number of halogens is 3. The minimum Gasteiger partial charge on any atom is -0.393 e. The summed E-state index contributed by atoms with van der Waals surface area (Å²) in [6.07, 6.45) is -4.12. The van der Waals surface area contributed by atoms with Gasteiger partial charge in [-0.1, -0.05) is 12.2 Å². The van der Waals surface area contributed by atoms with Crippen molar-refractivity contribution in [3.05, 3.63) is 0 Å². The Morgan fingerprint density at radius 3 is 2.25 bits per heavy atom. The van der Waals surface area contributed by atoms with Gasteiger partial charge in [-0.15, -0.1) is 0 Å². The van der Waals surface area contributed by atoms with Gasteiger partial charge >= 0.3 is 6.18 Å². The molecule has 0 saturated heterocycles. The smallest absolute Gasteiger partial charge is 0.389 e. The molecular weight excluding hydrogens is 237 g/mol. The molecule has 0 aliphatic rings. The van der Waals surface area contributed by atoms with Crippen LogP contribution in [0.15, 0.2) is 0 Å². The van der Waals surface area contributed by atoms with Gasteiger partial charge in [0, 0.05) is 25.4 Å². The summed E-state index contributed by atoms with van der Waals surface area (Å²) in [7, 11) is 0. The third kappa shape index (κ3) is 8.91. The second kappa shape index (κ2) is 7.06. The molecule has 2 nitrogen and oxygen atoms in total. The Bertz CT molecular complexity index is 217. The lowest BCUT2D eigenvalue weighted by molar-refractivity contribution is -0.136. The summed E-state index contributed by atoms with van der Waals surface area (Å²) in [5, 5.41) is 0. The van der Waals surface area contributed by atoms with Gasteiger partial charge in [0.05, 0.1) is 4.99 Å². The highest BCUT2D eigenvalue weighted by Gasteiger charge is 2.26. The second-order valence-electron chi connectivity index (χ2n) is 4.06. The Hall–Kier alpha value is -0.360. The van der Waals surface area contributed by atoms with Crippen molar-refractivity contribution < 1.29 is 13.2 Å². The molecule has 0 aliphatic heterocycles. The van der Waals surface area contributed by atoms with Gasteiger partial charge in [0.25, 0.3) is 0 Å². The Kier molecular flexibility index (Phi) is 6.90. The molecule has 0 saturated carbocycles. The van der Waals surface area contributed by atoms with Crippen LogP contribution in [0.3, 0.4) is 0 Å². The lowest BCUT2D eigenvalue weighted by Crippen LogP contribution is -2.35. The molecule has 0 heterocycles. The SMILES string of the molecule is CC(C)N(CCCC(F)(F)F)CCC(N)=S. The zero-order valence-corrected chi connectivity index (χ0v) is 10.5. The molecule has 0 bridgehead atoms. The van der Waals surface area contributed by atoms with Crippen LogP contribution >= 0.6 is 12.2 Å². The molecule has 0 rings (SSSR count). The predicted octanol–water partition coefficient (Wildman–Crippen LogP) is 2.72. The lowest BCUT2D eigenvalue weighted by atomic mass is 10.2. The fourth-order valence-corrected chi connectivity index (χ4v) is 1.46. The van der Waals surface area contributed by atoms with Crippen LogP contribution in [0.1, 0.15) is 33.1 Å². The molecule has 0 aliphatic carbocycles. The van der Waals surface area contributed by atoms with E-state index in [1.807, 2.05) is 18.7 Å². The fraction of sp³-hybridized carbons (Fsp3) is 0.900. The maximum atomic E-state index is 12.0. The summed E-state index contributed by atoms with van der Waals surface area (Å²) in [6.45, 7) is 4.96. The highest BCUT2D eigenvalue weighted by Crippen LogP contribution is 2.21. The molecule has 0 unspecified atom stereocenters. The number of alkyl halides is 3. The summed E-state index contributed by atoms with van der Waals surface area (Å²) < 4.78 is 35.9. The topological polar surface area (TPSA) is 29.3 Å². The van der Waals surface area contributed by atoms with Crippen LogP contribution in [0.5, 0.6) is 0 Å². The highest BCUT2D eigenvalue weighted by atomic mass is 32.1. The first kappa shape index (κ1) is 15.6. The van der Waals surface area contributed by atoms with Crippen LogP contribution in [0.4, 0.5) is 13.2 Å². The van der Waals surface area contributed by atoms with E-state index < -0.39 is 12.6 Å². The van der Waals surface area contributed by atoms with Crippen LogP contribution in [0.25, 0.3) is 0 Å². The minimum absolute atomic E-state index is 0.124. The Labute approximate surface area is 100.0 Å². The maximum absolute atomic E-state index is 12.0. The van der Waals surface area contributed by atoms with Gasteiger partial charge in [-0.3, -0.25) is 0 Å². The van der Waals surface area contributed by atoms with Crippen LogP contribution in [-0.4, -0.2) is 35.2 Å². The van der Waals surface area contributed by atoms with E-state index in [2.05, 4.69) is 0 Å². The number of thiocarbonyl (C=S) groups is 1. The number of hydrogen-bond acceptors (Lipinski definition) is 2. The van der Waals surface area contributed by atoms with Gasteiger partial charge in [0.1, 0.15) is 0 Å². The molecule has 6 heteroatoms. The third-order valence-electron chi connectivity index (χ3n) is 2.28. The van der Waals surface area contributed by atoms with Gasteiger partial charge in [0.2, 0.25) is 0 Å². The average Bonchev–Trinajstić information content (AvgIpc) is 2.07. The molecular formula is C10H19F3N2S. The zero-order chi connectivity index (χ0) is 12.8. The first-order valence-corrected chi connectivity index (χ1v) is 5.72. The predicted molar refractivity (Wildman–Crippen MR) is 63.4 cm³/mol. The molecule has 0 radical (unpaired) electrons. The average molecular weight is 256 g/mol. The van der Waals surface area contributed by atoms with E-state index in [4.69, 9.17) is 18.0 Å². The second-order valence-corrected chi connectivity index (χ2v) is 4.59. The van der Waals surface area contributed by atoms with Gasteiger partial charge in [-0.25, -0.2) is 0 Å². The van der Waals surface area contributed by atoms with Gasteiger partial charge in [-0.05, 0) is 26.8 Å². The van der Waals surface area contributed by atoms with Crippen LogP contribution in [0.2, 0.25) is 0 Å². The Balaban J connectivity index is 3.90. The normalized spacial score (nSPS) is 12.4. The first-order valence-electron chi connectivity index (χ1n) is 5.31. The molecule has 16 heavy (non-hydrogen) atoms. The molecule has 2 N–H and O–H groups in total. The molecule has 0 amide bonds. The lowest BCUT2D eigenvalue weighted by Gasteiger charge is -2.26. The summed E-state index contributed by atoms with van der Waals surface area (Å²) >= 11 is 4.74. The van der Waals surface area contributed by atoms with E-state index in [1.54, 1.807) is 0 Å². The molecule has 0 atom stereocenters. The first-order chi connectivity index (χ1) is 7.22. The van der Waals surface area contributed by atoms with Crippen molar-refractivity contribution in [2.75, 3.05) is 13.1 Å². The van der Waals surface area contributed by atoms with Crippen molar-refractivity contribution >= 4 is 17.2 Å². The monoisotopic (exact) mass is 256 g/mol. The van der Waals surface area contributed by atoms with E-state index in [0.29, 0.717) is 24.5 Å². The summed E-state index contributed by atoms with van der Waals surface area (Å²) in [4.78, 5) is 2.37. The van der Waals surface area contributed by atoms with Crippen LogP contribution in [-0.2, 0) is 0 Å². The van der Waals surface area contributed by atoms with E-state index in [0.717, 1.165) is 0 Å². The number of rotatable bonds is 7. The van der Waals surface area contributed by atoms with Gasteiger partial charge < -0.3 is 10.6 Å². The molecule has 96 valence electrons. The Morgan fingerprint density at radius 1 is 1.31 bits per heavy atom. The molecule has 0 aromatic carbocycles. The van der Waals surface area contributed by atoms with E-state index in [-0.39, 0.29) is 12.5 Å². The van der Waals surface area contributed by atoms with Crippen molar-refractivity contribution in [2.24, 2.45) is 5.73 Å². The molecule has 0 aromatic rings. The van der Waals surface area contributed by atoms with Crippen molar-refractivity contribution in [1.29, 1.82) is 0 Å². The summed E-state index contributed by atoms with van der Waals surface area (Å²) in [5.41, 5.74) is 5.36. The number of nitrogens with two attached hydrogens (primary N) is 1. The fourth-order valence-electron chi connectivity index (χ4n) is 1.36. The van der Waals surface area contributed by atoms with Crippen LogP contribution < -0.4 is 5.73 Å². The van der Waals surface area contributed by atoms with Crippen molar-refractivity contribution in [3.63, 3.8) is 0 Å². The maximum Gasteiger partial charge on any atom is 0.389 e.